The molecule has 0 saturated carbocycles. The minimum Gasteiger partial charge on any atom is -0.477 e. The molecule has 0 radical (unpaired) electrons. The highest BCUT2D eigenvalue weighted by Crippen LogP contribution is 2.34. The largest absolute Gasteiger partial charge is 0.477 e. The molecule has 1 aromatic carbocycles. The molecule has 2 rings (SSSR count). The van der Waals surface area contributed by atoms with Crippen molar-refractivity contribution in [3.8, 4) is 11.3 Å². The van der Waals surface area contributed by atoms with Crippen molar-refractivity contribution in [2.75, 3.05) is 0 Å². The third-order valence-electron chi connectivity index (χ3n) is 2.77. The van der Waals surface area contributed by atoms with Gasteiger partial charge in [0.05, 0.1) is 0 Å². The van der Waals surface area contributed by atoms with Gasteiger partial charge < -0.3 is 9.63 Å². The Hall–Kier alpha value is -1.69. The number of rotatable bonds is 2. The number of hydrogen-bond acceptors (Lipinski definition) is 3. The van der Waals surface area contributed by atoms with Crippen LogP contribution in [-0.2, 0) is 5.41 Å². The van der Waals surface area contributed by atoms with Crippen molar-refractivity contribution >= 4 is 21.9 Å². The molecule has 4 nitrogen and oxygen atoms in total. The van der Waals surface area contributed by atoms with Gasteiger partial charge in [-0.25, -0.2) is 9.18 Å². The maximum absolute atomic E-state index is 14.0. The van der Waals surface area contributed by atoms with E-state index < -0.39 is 17.2 Å². The van der Waals surface area contributed by atoms with Gasteiger partial charge in [0.2, 0.25) is 0 Å². The first-order valence-electron chi connectivity index (χ1n) is 5.90. The number of benzene rings is 1. The number of nitrogens with zero attached hydrogens (tertiary/aromatic N) is 1. The first kappa shape index (κ1) is 14.7. The third kappa shape index (κ3) is 2.60. The van der Waals surface area contributed by atoms with Gasteiger partial charge in [-0.2, -0.15) is 0 Å². The van der Waals surface area contributed by atoms with E-state index in [1.807, 2.05) is 20.8 Å². The van der Waals surface area contributed by atoms with Gasteiger partial charge in [-0.3, -0.25) is 0 Å². The van der Waals surface area contributed by atoms with Gasteiger partial charge in [-0.15, -0.1) is 0 Å². The van der Waals surface area contributed by atoms with Gasteiger partial charge >= 0.3 is 5.97 Å². The minimum atomic E-state index is -1.19. The van der Waals surface area contributed by atoms with Crippen LogP contribution in [0.25, 0.3) is 11.3 Å². The van der Waals surface area contributed by atoms with Crippen LogP contribution in [0.2, 0.25) is 0 Å². The second-order valence-electron chi connectivity index (χ2n) is 5.41. The first-order valence-corrected chi connectivity index (χ1v) is 6.70. The fraction of sp³-hybridized carbons (Fsp3) is 0.286. The molecule has 20 heavy (non-hydrogen) atoms. The molecular formula is C14H13BrFNO3. The topological polar surface area (TPSA) is 63.3 Å². The number of aromatic nitrogens is 1. The summed E-state index contributed by atoms with van der Waals surface area (Å²) >= 11 is 3.15. The number of halogens is 2. The average molecular weight is 342 g/mol. The van der Waals surface area contributed by atoms with Gasteiger partial charge in [-0.05, 0) is 18.2 Å². The molecule has 0 fully saturated rings. The molecule has 0 saturated heterocycles. The van der Waals surface area contributed by atoms with Crippen LogP contribution in [0.1, 0.15) is 36.9 Å². The molecule has 6 heteroatoms. The lowest BCUT2D eigenvalue weighted by Gasteiger charge is -2.14. The summed E-state index contributed by atoms with van der Waals surface area (Å²) in [5.74, 6) is -1.52. The molecule has 1 aromatic heterocycles. The summed E-state index contributed by atoms with van der Waals surface area (Å²) in [4.78, 5) is 11.5. The second-order valence-corrected chi connectivity index (χ2v) is 6.33. The van der Waals surface area contributed by atoms with Crippen molar-refractivity contribution < 1.29 is 18.8 Å². The van der Waals surface area contributed by atoms with Crippen molar-refractivity contribution in [3.05, 3.63) is 39.8 Å². The van der Waals surface area contributed by atoms with Crippen molar-refractivity contribution in [2.24, 2.45) is 0 Å². The van der Waals surface area contributed by atoms with Gasteiger partial charge in [0.25, 0.3) is 0 Å². The highest BCUT2D eigenvalue weighted by molar-refractivity contribution is 9.10. The van der Waals surface area contributed by atoms with Crippen molar-refractivity contribution in [1.29, 1.82) is 0 Å². The van der Waals surface area contributed by atoms with Crippen LogP contribution in [0, 0.1) is 5.82 Å². The predicted molar refractivity (Wildman–Crippen MR) is 75.3 cm³/mol. The van der Waals surface area contributed by atoms with Crippen molar-refractivity contribution in [1.82, 2.24) is 5.16 Å². The SMILES string of the molecule is CC(C)(C)c1onc(-c2ccc(Br)cc2F)c1C(=O)O. The van der Waals surface area contributed by atoms with Gasteiger partial charge in [0, 0.05) is 15.5 Å². The van der Waals surface area contributed by atoms with Crippen LogP contribution in [0.4, 0.5) is 4.39 Å². The van der Waals surface area contributed by atoms with Crippen LogP contribution in [0.5, 0.6) is 0 Å². The molecule has 106 valence electrons. The summed E-state index contributed by atoms with van der Waals surface area (Å²) in [6.07, 6.45) is 0. The normalized spacial score (nSPS) is 11.7. The van der Waals surface area contributed by atoms with Crippen LogP contribution < -0.4 is 0 Å². The lowest BCUT2D eigenvalue weighted by molar-refractivity contribution is 0.0693. The lowest BCUT2D eigenvalue weighted by Crippen LogP contribution is -2.15. The Labute approximate surface area is 123 Å². The quantitative estimate of drug-likeness (QED) is 0.887. The van der Waals surface area contributed by atoms with Gasteiger partial charge in [-0.1, -0.05) is 41.9 Å². The second kappa shape index (κ2) is 5.01. The van der Waals surface area contributed by atoms with Gasteiger partial charge in [0.1, 0.15) is 17.1 Å². The molecule has 0 spiro atoms. The third-order valence-corrected chi connectivity index (χ3v) is 3.27. The molecule has 0 bridgehead atoms. The summed E-state index contributed by atoms with van der Waals surface area (Å²) in [6, 6.07) is 4.35. The molecule has 0 aliphatic carbocycles. The standard InChI is InChI=1S/C14H13BrFNO3/c1-14(2,3)12-10(13(18)19)11(17-20-12)8-5-4-7(15)6-9(8)16/h4-6H,1-3H3,(H,18,19). The van der Waals surface area contributed by atoms with E-state index in [-0.39, 0.29) is 22.6 Å². The monoisotopic (exact) mass is 341 g/mol. The number of carboxylic acid groups (broad SMARTS) is 1. The Morgan fingerprint density at radius 2 is 2.05 bits per heavy atom. The Kier molecular flexibility index (Phi) is 3.69. The molecule has 0 atom stereocenters. The summed E-state index contributed by atoms with van der Waals surface area (Å²) in [7, 11) is 0. The zero-order valence-corrected chi connectivity index (χ0v) is 12.8. The van der Waals surface area contributed by atoms with E-state index in [0.29, 0.717) is 4.47 Å². The summed E-state index contributed by atoms with van der Waals surface area (Å²) < 4.78 is 19.7. The molecular weight excluding hydrogens is 329 g/mol. The van der Waals surface area contributed by atoms with E-state index >= 15 is 0 Å². The highest BCUT2D eigenvalue weighted by Gasteiger charge is 2.32. The smallest absolute Gasteiger partial charge is 0.341 e. The van der Waals surface area contributed by atoms with E-state index in [9.17, 15) is 14.3 Å². The summed E-state index contributed by atoms with van der Waals surface area (Å²) in [5.41, 5.74) is -0.527. The Morgan fingerprint density at radius 3 is 2.55 bits per heavy atom. The number of hydrogen-bond donors (Lipinski definition) is 1. The molecule has 0 amide bonds. The number of carboxylic acids is 1. The van der Waals surface area contributed by atoms with Crippen LogP contribution in [-0.4, -0.2) is 16.2 Å². The minimum absolute atomic E-state index is 0.00688. The fourth-order valence-electron chi connectivity index (χ4n) is 1.87. The van der Waals surface area contributed by atoms with Crippen LogP contribution in [0.3, 0.4) is 0 Å². The molecule has 1 heterocycles. The van der Waals surface area contributed by atoms with E-state index in [0.717, 1.165) is 0 Å². The van der Waals surface area contributed by atoms with E-state index in [4.69, 9.17) is 4.52 Å². The van der Waals surface area contributed by atoms with Crippen LogP contribution in [0.15, 0.2) is 27.2 Å². The maximum atomic E-state index is 14.0. The van der Waals surface area contributed by atoms with Crippen molar-refractivity contribution in [3.63, 3.8) is 0 Å². The molecule has 0 aliphatic heterocycles. The Bertz CT molecular complexity index is 674. The Balaban J connectivity index is 2.69. The fourth-order valence-corrected chi connectivity index (χ4v) is 2.20. The number of carbonyl (C=O) groups is 1. The lowest BCUT2D eigenvalue weighted by atomic mass is 9.89. The zero-order valence-electron chi connectivity index (χ0n) is 11.2. The zero-order chi connectivity index (χ0) is 15.1. The first-order chi connectivity index (χ1) is 9.21. The van der Waals surface area contributed by atoms with E-state index in [1.54, 1.807) is 6.07 Å². The van der Waals surface area contributed by atoms with Gasteiger partial charge in [0.15, 0.2) is 5.76 Å². The highest BCUT2D eigenvalue weighted by atomic mass is 79.9. The number of aromatic carboxylic acids is 1. The molecule has 0 aliphatic rings. The van der Waals surface area contributed by atoms with E-state index in [1.165, 1.54) is 12.1 Å². The molecule has 0 unspecified atom stereocenters. The van der Waals surface area contributed by atoms with Crippen molar-refractivity contribution in [2.45, 2.75) is 26.2 Å². The molecule has 2 aromatic rings. The van der Waals surface area contributed by atoms with E-state index in [2.05, 4.69) is 21.1 Å². The Morgan fingerprint density at radius 1 is 1.40 bits per heavy atom. The molecule has 1 N–H and O–H groups in total. The summed E-state index contributed by atoms with van der Waals surface area (Å²) in [5, 5.41) is 13.1. The van der Waals surface area contributed by atoms with Crippen LogP contribution >= 0.6 is 15.9 Å². The predicted octanol–water partition coefficient (Wildman–Crippen LogP) is 4.24. The summed E-state index contributed by atoms with van der Waals surface area (Å²) in [6.45, 7) is 5.42. The maximum Gasteiger partial charge on any atom is 0.341 e. The average Bonchev–Trinajstić information content (AvgIpc) is 2.72.